The summed E-state index contributed by atoms with van der Waals surface area (Å²) in [5, 5.41) is 5.73. The number of thioether (sulfide) groups is 1. The van der Waals surface area contributed by atoms with Crippen molar-refractivity contribution in [3.63, 3.8) is 0 Å². The van der Waals surface area contributed by atoms with Crippen LogP contribution in [0, 0.1) is 0 Å². The molecule has 0 saturated heterocycles. The van der Waals surface area contributed by atoms with Gasteiger partial charge in [-0.3, -0.25) is 4.79 Å². The Balaban J connectivity index is 1.77. The van der Waals surface area contributed by atoms with Gasteiger partial charge >= 0.3 is 0 Å². The maximum Gasteiger partial charge on any atom is 0.234 e. The van der Waals surface area contributed by atoms with E-state index >= 15 is 0 Å². The second kappa shape index (κ2) is 8.46. The zero-order chi connectivity index (χ0) is 20.3. The molecule has 0 fully saturated rings. The van der Waals surface area contributed by atoms with Crippen LogP contribution in [0.1, 0.15) is 26.3 Å². The van der Waals surface area contributed by atoms with Crippen molar-refractivity contribution < 1.29 is 9.53 Å². The molecule has 0 aliphatic heterocycles. The van der Waals surface area contributed by atoms with Gasteiger partial charge in [0.05, 0.1) is 18.6 Å². The van der Waals surface area contributed by atoms with Crippen LogP contribution in [0.4, 0.5) is 5.69 Å². The summed E-state index contributed by atoms with van der Waals surface area (Å²) in [6.45, 7) is 6.42. The van der Waals surface area contributed by atoms with E-state index in [0.29, 0.717) is 16.5 Å². The van der Waals surface area contributed by atoms with Gasteiger partial charge < -0.3 is 10.1 Å². The fraction of sp³-hybridized carbons (Fsp3) is 0.261. The van der Waals surface area contributed by atoms with Gasteiger partial charge in [-0.25, -0.2) is 0 Å². The Labute approximate surface area is 175 Å². The lowest BCUT2D eigenvalue weighted by molar-refractivity contribution is -0.113. The highest BCUT2D eigenvalue weighted by Gasteiger charge is 2.17. The first-order valence-electron chi connectivity index (χ1n) is 9.08. The molecule has 0 aromatic heterocycles. The fourth-order valence-corrected chi connectivity index (χ4v) is 4.23. The molecule has 0 spiro atoms. The molecular weight excluding hydrogens is 390 g/mol. The molecular formula is C23H24ClNO2S. The van der Waals surface area contributed by atoms with Crippen LogP contribution < -0.4 is 10.1 Å². The van der Waals surface area contributed by atoms with Crippen molar-refractivity contribution in [2.24, 2.45) is 0 Å². The minimum atomic E-state index is -0.0848. The van der Waals surface area contributed by atoms with Crippen LogP contribution in [-0.2, 0) is 10.2 Å². The lowest BCUT2D eigenvalue weighted by Gasteiger charge is -2.21. The Bertz CT molecular complexity index is 1010. The summed E-state index contributed by atoms with van der Waals surface area (Å²) in [7, 11) is 1.61. The Hall–Kier alpha value is -2.17. The number of anilines is 1. The normalized spacial score (nSPS) is 11.5. The predicted molar refractivity (Wildman–Crippen MR) is 120 cm³/mol. The lowest BCUT2D eigenvalue weighted by atomic mass is 9.87. The van der Waals surface area contributed by atoms with Gasteiger partial charge in [-0.15, -0.1) is 11.8 Å². The molecule has 0 saturated carbocycles. The van der Waals surface area contributed by atoms with Crippen LogP contribution in [0.25, 0.3) is 10.8 Å². The number of halogens is 1. The van der Waals surface area contributed by atoms with Crippen molar-refractivity contribution in [3.05, 3.63) is 65.2 Å². The molecule has 0 aliphatic rings. The molecule has 0 unspecified atom stereocenters. The highest BCUT2D eigenvalue weighted by atomic mass is 35.5. The Morgan fingerprint density at radius 3 is 2.50 bits per heavy atom. The molecule has 0 atom stereocenters. The second-order valence-electron chi connectivity index (χ2n) is 7.60. The third-order valence-electron chi connectivity index (χ3n) is 4.51. The predicted octanol–water partition coefficient (Wildman–Crippen LogP) is 6.53. The van der Waals surface area contributed by atoms with Crippen LogP contribution in [0.5, 0.6) is 5.75 Å². The molecule has 0 heterocycles. The number of ether oxygens (including phenoxy) is 1. The van der Waals surface area contributed by atoms with Gasteiger partial charge in [-0.1, -0.05) is 62.7 Å². The third-order valence-corrected chi connectivity index (χ3v) is 5.89. The molecule has 3 aromatic carbocycles. The standard InChI is InChI=1S/C23H24ClNO2S/c1-23(2,3)16-11-12-19(27-4)18(13-16)25-21(26)14-28-20-10-6-8-15-7-5-9-17(24)22(15)20/h5-13H,14H2,1-4H3,(H,25,26). The van der Waals surface area contributed by atoms with E-state index in [2.05, 4.69) is 26.1 Å². The van der Waals surface area contributed by atoms with E-state index in [0.717, 1.165) is 21.2 Å². The number of carbonyl (C=O) groups is 1. The number of carbonyl (C=O) groups excluding carboxylic acids is 1. The van der Waals surface area contributed by atoms with Crippen molar-refractivity contribution >= 4 is 45.7 Å². The summed E-state index contributed by atoms with van der Waals surface area (Å²) in [5.41, 5.74) is 1.81. The minimum absolute atomic E-state index is 0.0137. The molecule has 3 aromatic rings. The number of nitrogens with one attached hydrogen (secondary N) is 1. The summed E-state index contributed by atoms with van der Waals surface area (Å²) in [6.07, 6.45) is 0. The second-order valence-corrected chi connectivity index (χ2v) is 9.02. The smallest absolute Gasteiger partial charge is 0.234 e. The number of hydrogen-bond donors (Lipinski definition) is 1. The molecule has 3 rings (SSSR count). The summed E-state index contributed by atoms with van der Waals surface area (Å²) < 4.78 is 5.41. The maximum absolute atomic E-state index is 12.6. The van der Waals surface area contributed by atoms with Crippen LogP contribution in [0.15, 0.2) is 59.5 Å². The van der Waals surface area contributed by atoms with Gasteiger partial charge in [0.1, 0.15) is 5.75 Å². The van der Waals surface area contributed by atoms with Gasteiger partial charge in [0, 0.05) is 15.3 Å². The quantitative estimate of drug-likeness (QED) is 0.483. The number of rotatable bonds is 5. The monoisotopic (exact) mass is 413 g/mol. The van der Waals surface area contributed by atoms with Crippen LogP contribution >= 0.6 is 23.4 Å². The molecule has 146 valence electrons. The van der Waals surface area contributed by atoms with Crippen molar-refractivity contribution in [1.82, 2.24) is 0 Å². The average Bonchev–Trinajstić information content (AvgIpc) is 2.65. The molecule has 3 nitrogen and oxygen atoms in total. The van der Waals surface area contributed by atoms with Crippen LogP contribution in [-0.4, -0.2) is 18.8 Å². The average molecular weight is 414 g/mol. The minimum Gasteiger partial charge on any atom is -0.495 e. The number of amides is 1. The molecule has 28 heavy (non-hydrogen) atoms. The van der Waals surface area contributed by atoms with E-state index in [4.69, 9.17) is 16.3 Å². The summed E-state index contributed by atoms with van der Waals surface area (Å²) in [5.74, 6) is 0.853. The Kier molecular flexibility index (Phi) is 6.21. The fourth-order valence-electron chi connectivity index (χ4n) is 2.98. The lowest BCUT2D eigenvalue weighted by Crippen LogP contribution is -2.17. The number of methoxy groups -OCH3 is 1. The first-order valence-corrected chi connectivity index (χ1v) is 10.4. The van der Waals surface area contributed by atoms with Gasteiger partial charge in [0.15, 0.2) is 0 Å². The molecule has 0 aliphatic carbocycles. The highest BCUT2D eigenvalue weighted by Crippen LogP contribution is 2.34. The van der Waals surface area contributed by atoms with Gasteiger partial charge in [0.25, 0.3) is 0 Å². The number of fused-ring (bicyclic) bond motifs is 1. The van der Waals surface area contributed by atoms with E-state index in [9.17, 15) is 4.79 Å². The van der Waals surface area contributed by atoms with E-state index in [1.807, 2.05) is 54.6 Å². The third kappa shape index (κ3) is 4.62. The summed E-state index contributed by atoms with van der Waals surface area (Å²) >= 11 is 7.85. The highest BCUT2D eigenvalue weighted by molar-refractivity contribution is 8.00. The van der Waals surface area contributed by atoms with Gasteiger partial charge in [-0.2, -0.15) is 0 Å². The molecule has 5 heteroatoms. The zero-order valence-corrected chi connectivity index (χ0v) is 18.1. The summed E-state index contributed by atoms with van der Waals surface area (Å²) in [4.78, 5) is 13.6. The maximum atomic E-state index is 12.6. The van der Waals surface area contributed by atoms with E-state index in [-0.39, 0.29) is 17.1 Å². The van der Waals surface area contributed by atoms with Crippen molar-refractivity contribution in [2.45, 2.75) is 31.1 Å². The van der Waals surface area contributed by atoms with E-state index < -0.39 is 0 Å². The molecule has 1 N–H and O–H groups in total. The molecule has 0 radical (unpaired) electrons. The largest absolute Gasteiger partial charge is 0.495 e. The molecule has 1 amide bonds. The van der Waals surface area contributed by atoms with Gasteiger partial charge in [0.2, 0.25) is 5.91 Å². The van der Waals surface area contributed by atoms with Crippen molar-refractivity contribution in [1.29, 1.82) is 0 Å². The SMILES string of the molecule is COc1ccc(C(C)(C)C)cc1NC(=O)CSc1cccc2cccc(Cl)c12. The van der Waals surface area contributed by atoms with E-state index in [1.165, 1.54) is 11.8 Å². The Morgan fingerprint density at radius 1 is 1.11 bits per heavy atom. The first kappa shape index (κ1) is 20.6. The summed E-state index contributed by atoms with van der Waals surface area (Å²) in [6, 6.07) is 17.7. The van der Waals surface area contributed by atoms with E-state index in [1.54, 1.807) is 7.11 Å². The number of hydrogen-bond acceptors (Lipinski definition) is 3. The van der Waals surface area contributed by atoms with Gasteiger partial charge in [-0.05, 0) is 40.6 Å². The molecule has 0 bridgehead atoms. The topological polar surface area (TPSA) is 38.3 Å². The zero-order valence-electron chi connectivity index (χ0n) is 16.5. The van der Waals surface area contributed by atoms with Crippen LogP contribution in [0.2, 0.25) is 5.02 Å². The Morgan fingerprint density at radius 2 is 1.82 bits per heavy atom. The number of benzene rings is 3. The first-order chi connectivity index (χ1) is 13.3. The van der Waals surface area contributed by atoms with Crippen molar-refractivity contribution in [3.8, 4) is 5.75 Å². The van der Waals surface area contributed by atoms with Crippen molar-refractivity contribution in [2.75, 3.05) is 18.2 Å². The van der Waals surface area contributed by atoms with Crippen LogP contribution in [0.3, 0.4) is 0 Å².